The van der Waals surface area contributed by atoms with Gasteiger partial charge in [-0.1, -0.05) is 6.07 Å². The molecule has 2 N–H and O–H groups in total. The minimum absolute atomic E-state index is 0.0662. The lowest BCUT2D eigenvalue weighted by Crippen LogP contribution is -2.32. The van der Waals surface area contributed by atoms with E-state index < -0.39 is 28.6 Å². The van der Waals surface area contributed by atoms with Gasteiger partial charge in [0.1, 0.15) is 11.8 Å². The van der Waals surface area contributed by atoms with Crippen LogP contribution in [-0.4, -0.2) is 24.0 Å². The summed E-state index contributed by atoms with van der Waals surface area (Å²) < 4.78 is 44.1. The van der Waals surface area contributed by atoms with Gasteiger partial charge in [0.15, 0.2) is 0 Å². The van der Waals surface area contributed by atoms with Crippen LogP contribution in [0.2, 0.25) is 0 Å². The number of hydrogen-bond acceptors (Lipinski definition) is 5. The lowest BCUT2D eigenvalue weighted by molar-refractivity contribution is -0.384. The molecule has 1 amide bonds. The fraction of sp³-hybridized carbons (Fsp3) is 0.278. The number of methoxy groups -OCH3 is 1. The average molecular weight is 397 g/mol. The van der Waals surface area contributed by atoms with Gasteiger partial charge in [0.2, 0.25) is 5.91 Å². The van der Waals surface area contributed by atoms with Crippen molar-refractivity contribution in [2.45, 2.75) is 26.1 Å². The van der Waals surface area contributed by atoms with Crippen molar-refractivity contribution in [2.24, 2.45) is 0 Å². The van der Waals surface area contributed by atoms with Gasteiger partial charge in [-0.2, -0.15) is 13.2 Å². The van der Waals surface area contributed by atoms with Crippen molar-refractivity contribution in [3.63, 3.8) is 0 Å². The molecule has 0 aliphatic carbocycles. The molecular formula is C18H18F3N3O4. The van der Waals surface area contributed by atoms with E-state index in [-0.39, 0.29) is 28.4 Å². The van der Waals surface area contributed by atoms with E-state index in [1.807, 2.05) is 0 Å². The third kappa shape index (κ3) is 4.90. The molecule has 2 aromatic rings. The summed E-state index contributed by atoms with van der Waals surface area (Å²) in [5, 5.41) is 16.1. The van der Waals surface area contributed by atoms with Crippen LogP contribution in [0.5, 0.6) is 5.75 Å². The minimum Gasteiger partial charge on any atom is -0.495 e. The Morgan fingerprint density at radius 3 is 2.46 bits per heavy atom. The van der Waals surface area contributed by atoms with Gasteiger partial charge < -0.3 is 15.4 Å². The molecule has 0 saturated carbocycles. The Morgan fingerprint density at radius 1 is 1.21 bits per heavy atom. The lowest BCUT2D eigenvalue weighted by Gasteiger charge is -2.18. The molecule has 0 spiro atoms. The van der Waals surface area contributed by atoms with Gasteiger partial charge in [-0.05, 0) is 37.6 Å². The summed E-state index contributed by atoms with van der Waals surface area (Å²) in [7, 11) is 1.34. The van der Waals surface area contributed by atoms with Crippen molar-refractivity contribution >= 4 is 23.0 Å². The SMILES string of the molecule is COc1ccc([N+](=O)[O-])cc1NC(=O)C(C)Nc1ccc(C)c(C(F)(F)F)c1. The fourth-order valence-electron chi connectivity index (χ4n) is 2.48. The highest BCUT2D eigenvalue weighted by Crippen LogP contribution is 2.34. The number of nitrogens with zero attached hydrogens (tertiary/aromatic N) is 1. The van der Waals surface area contributed by atoms with E-state index in [9.17, 15) is 28.1 Å². The Labute approximate surface area is 158 Å². The molecule has 0 bridgehead atoms. The zero-order valence-corrected chi connectivity index (χ0v) is 15.3. The Hall–Kier alpha value is -3.30. The predicted octanol–water partition coefficient (Wildman–Crippen LogP) is 4.37. The molecule has 1 atom stereocenters. The normalized spacial score (nSPS) is 12.2. The second kappa shape index (κ2) is 8.15. The van der Waals surface area contributed by atoms with Crippen molar-refractivity contribution in [1.29, 1.82) is 0 Å². The summed E-state index contributed by atoms with van der Waals surface area (Å²) in [5.74, 6) is -0.395. The number of non-ortho nitro benzene ring substituents is 1. The summed E-state index contributed by atoms with van der Waals surface area (Å²) in [6, 6.07) is 6.43. The zero-order chi connectivity index (χ0) is 21.1. The van der Waals surface area contributed by atoms with E-state index in [1.165, 1.54) is 45.2 Å². The number of anilines is 2. The largest absolute Gasteiger partial charge is 0.495 e. The highest BCUT2D eigenvalue weighted by Gasteiger charge is 2.32. The van der Waals surface area contributed by atoms with Crippen molar-refractivity contribution < 1.29 is 27.6 Å². The Kier molecular flexibility index (Phi) is 6.12. The van der Waals surface area contributed by atoms with Crippen LogP contribution in [-0.2, 0) is 11.0 Å². The molecule has 10 heteroatoms. The quantitative estimate of drug-likeness (QED) is 0.558. The third-order valence-electron chi connectivity index (χ3n) is 3.97. The molecular weight excluding hydrogens is 379 g/mol. The second-order valence-corrected chi connectivity index (χ2v) is 6.02. The smallest absolute Gasteiger partial charge is 0.416 e. The standard InChI is InChI=1S/C18H18F3N3O4/c1-10-4-5-12(8-14(10)18(19,20)21)22-11(2)17(25)23-15-9-13(24(26)27)6-7-16(15)28-3/h4-9,11,22H,1-3H3,(H,23,25). The number of carbonyl (C=O) groups excluding carboxylic acids is 1. The van der Waals surface area contributed by atoms with Crippen molar-refractivity contribution in [3.05, 3.63) is 57.6 Å². The predicted molar refractivity (Wildman–Crippen MR) is 97.5 cm³/mol. The number of alkyl halides is 3. The molecule has 0 aliphatic heterocycles. The number of nitro groups is 1. The summed E-state index contributed by atoms with van der Waals surface area (Å²) in [6.45, 7) is 2.80. The molecule has 0 aromatic heterocycles. The summed E-state index contributed by atoms with van der Waals surface area (Å²) >= 11 is 0. The van der Waals surface area contributed by atoms with Crippen LogP contribution in [0, 0.1) is 17.0 Å². The number of rotatable bonds is 6. The molecule has 1 unspecified atom stereocenters. The van der Waals surface area contributed by atoms with Gasteiger partial charge in [-0.15, -0.1) is 0 Å². The zero-order valence-electron chi connectivity index (χ0n) is 15.3. The van der Waals surface area contributed by atoms with Gasteiger partial charge in [0, 0.05) is 17.8 Å². The van der Waals surface area contributed by atoms with Gasteiger partial charge >= 0.3 is 6.18 Å². The first kappa shape index (κ1) is 21.0. The molecule has 2 rings (SSSR count). The molecule has 28 heavy (non-hydrogen) atoms. The molecule has 0 radical (unpaired) electrons. The van der Waals surface area contributed by atoms with Crippen LogP contribution in [0.3, 0.4) is 0 Å². The van der Waals surface area contributed by atoms with Crippen molar-refractivity contribution in [3.8, 4) is 5.75 Å². The van der Waals surface area contributed by atoms with Gasteiger partial charge in [-0.3, -0.25) is 14.9 Å². The fourth-order valence-corrected chi connectivity index (χ4v) is 2.48. The number of nitro benzene ring substituents is 1. The van der Waals surface area contributed by atoms with E-state index in [2.05, 4.69) is 10.6 Å². The van der Waals surface area contributed by atoms with E-state index in [1.54, 1.807) is 0 Å². The topological polar surface area (TPSA) is 93.5 Å². The maximum absolute atomic E-state index is 13.0. The Balaban J connectivity index is 2.18. The monoisotopic (exact) mass is 397 g/mol. The number of hydrogen-bond donors (Lipinski definition) is 2. The van der Waals surface area contributed by atoms with Crippen LogP contribution in [0.25, 0.3) is 0 Å². The highest BCUT2D eigenvalue weighted by atomic mass is 19.4. The summed E-state index contributed by atoms with van der Waals surface area (Å²) in [5.41, 5.74) is -0.783. The Bertz CT molecular complexity index is 900. The van der Waals surface area contributed by atoms with E-state index in [4.69, 9.17) is 4.74 Å². The van der Waals surface area contributed by atoms with Gasteiger partial charge in [0.25, 0.3) is 5.69 Å². The average Bonchev–Trinajstić information content (AvgIpc) is 2.62. The molecule has 0 saturated heterocycles. The van der Waals surface area contributed by atoms with E-state index in [0.29, 0.717) is 0 Å². The number of halogens is 3. The van der Waals surface area contributed by atoms with Crippen LogP contribution in [0.4, 0.5) is 30.2 Å². The second-order valence-electron chi connectivity index (χ2n) is 6.02. The number of ether oxygens (including phenoxy) is 1. The molecule has 0 fully saturated rings. The lowest BCUT2D eigenvalue weighted by atomic mass is 10.1. The molecule has 2 aromatic carbocycles. The number of aryl methyl sites for hydroxylation is 1. The van der Waals surface area contributed by atoms with Gasteiger partial charge in [0.05, 0.1) is 23.3 Å². The van der Waals surface area contributed by atoms with Crippen molar-refractivity contribution in [1.82, 2.24) is 0 Å². The number of carbonyl (C=O) groups is 1. The molecule has 0 aliphatic rings. The van der Waals surface area contributed by atoms with Crippen LogP contribution < -0.4 is 15.4 Å². The molecule has 7 nitrogen and oxygen atoms in total. The van der Waals surface area contributed by atoms with Crippen molar-refractivity contribution in [2.75, 3.05) is 17.7 Å². The van der Waals surface area contributed by atoms with Crippen LogP contribution >= 0.6 is 0 Å². The summed E-state index contributed by atoms with van der Waals surface area (Å²) in [6.07, 6.45) is -4.51. The van der Waals surface area contributed by atoms with Crippen LogP contribution in [0.1, 0.15) is 18.1 Å². The number of nitrogens with one attached hydrogen (secondary N) is 2. The third-order valence-corrected chi connectivity index (χ3v) is 3.97. The van der Waals surface area contributed by atoms with E-state index in [0.717, 1.165) is 12.1 Å². The first-order valence-electron chi connectivity index (χ1n) is 8.10. The first-order valence-corrected chi connectivity index (χ1v) is 8.10. The first-order chi connectivity index (χ1) is 13.0. The summed E-state index contributed by atoms with van der Waals surface area (Å²) in [4.78, 5) is 22.7. The number of amides is 1. The maximum atomic E-state index is 13.0. The van der Waals surface area contributed by atoms with E-state index >= 15 is 0 Å². The maximum Gasteiger partial charge on any atom is 0.416 e. The van der Waals surface area contributed by atoms with Crippen LogP contribution in [0.15, 0.2) is 36.4 Å². The molecule has 150 valence electrons. The molecule has 0 heterocycles. The Morgan fingerprint density at radius 2 is 1.89 bits per heavy atom. The number of benzene rings is 2. The highest BCUT2D eigenvalue weighted by molar-refractivity contribution is 5.97. The van der Waals surface area contributed by atoms with Gasteiger partial charge in [-0.25, -0.2) is 0 Å². The minimum atomic E-state index is -4.51.